The first kappa shape index (κ1) is 14.2. The molecule has 0 spiro atoms. The van der Waals surface area contributed by atoms with Gasteiger partial charge in [0.1, 0.15) is 0 Å². The van der Waals surface area contributed by atoms with Crippen LogP contribution in [0, 0.1) is 6.92 Å². The third-order valence-electron chi connectivity index (χ3n) is 3.23. The second kappa shape index (κ2) is 7.38. The molecule has 1 aromatic carbocycles. The summed E-state index contributed by atoms with van der Waals surface area (Å²) in [5.41, 5.74) is 10.4. The molecule has 2 rings (SSSR count). The third kappa shape index (κ3) is 4.42. The predicted octanol–water partition coefficient (Wildman–Crippen LogP) is 3.02. The molecule has 0 saturated heterocycles. The fraction of sp³-hybridized carbons (Fsp3) is 0.400. The summed E-state index contributed by atoms with van der Waals surface area (Å²) in [6.07, 6.45) is 2.10. The molecule has 0 fully saturated rings. The average molecular weight is 275 g/mol. The van der Waals surface area contributed by atoms with Crippen molar-refractivity contribution >= 4 is 11.3 Å². The molecule has 2 aromatic rings. The molecule has 3 N–H and O–H groups in total. The summed E-state index contributed by atoms with van der Waals surface area (Å²) in [6, 6.07) is 10.4. The molecule has 1 aromatic heterocycles. The van der Waals surface area contributed by atoms with E-state index in [9.17, 15) is 0 Å². The first-order valence-corrected chi connectivity index (χ1v) is 7.55. The standard InChI is InChI=1S/C15H21N3S/c1-12-15(19-11-18-12)10-17-9-5-8-14(16)13-6-3-2-4-7-13/h2-4,6-7,11,14,17H,5,8-10,16H2,1H3. The van der Waals surface area contributed by atoms with Crippen molar-refractivity contribution < 1.29 is 0 Å². The van der Waals surface area contributed by atoms with Crippen LogP contribution < -0.4 is 11.1 Å². The van der Waals surface area contributed by atoms with Crippen molar-refractivity contribution in [3.05, 3.63) is 52.0 Å². The zero-order valence-corrected chi connectivity index (χ0v) is 12.1. The molecule has 4 heteroatoms. The van der Waals surface area contributed by atoms with E-state index >= 15 is 0 Å². The van der Waals surface area contributed by atoms with Gasteiger partial charge in [0, 0.05) is 17.5 Å². The van der Waals surface area contributed by atoms with Gasteiger partial charge in [-0.1, -0.05) is 30.3 Å². The number of thiazole rings is 1. The van der Waals surface area contributed by atoms with Crippen LogP contribution in [0.4, 0.5) is 0 Å². The van der Waals surface area contributed by atoms with Crippen LogP contribution in [0.5, 0.6) is 0 Å². The minimum Gasteiger partial charge on any atom is -0.324 e. The second-order valence-electron chi connectivity index (χ2n) is 4.70. The van der Waals surface area contributed by atoms with E-state index in [0.717, 1.165) is 31.6 Å². The summed E-state index contributed by atoms with van der Waals surface area (Å²) in [6.45, 7) is 3.97. The maximum atomic E-state index is 6.16. The Morgan fingerprint density at radius 3 is 2.79 bits per heavy atom. The van der Waals surface area contributed by atoms with Crippen LogP contribution in [0.3, 0.4) is 0 Å². The average Bonchev–Trinajstić information content (AvgIpc) is 2.85. The molecule has 1 heterocycles. The molecule has 0 radical (unpaired) electrons. The highest BCUT2D eigenvalue weighted by atomic mass is 32.1. The highest BCUT2D eigenvalue weighted by Gasteiger charge is 2.05. The lowest BCUT2D eigenvalue weighted by Gasteiger charge is -2.12. The first-order chi connectivity index (χ1) is 9.27. The topological polar surface area (TPSA) is 50.9 Å². The number of nitrogens with zero attached hydrogens (tertiary/aromatic N) is 1. The van der Waals surface area contributed by atoms with Crippen molar-refractivity contribution in [2.45, 2.75) is 32.4 Å². The fourth-order valence-electron chi connectivity index (χ4n) is 2.01. The SMILES string of the molecule is Cc1ncsc1CNCCCC(N)c1ccccc1. The lowest BCUT2D eigenvalue weighted by molar-refractivity contribution is 0.567. The molecule has 0 aliphatic carbocycles. The maximum Gasteiger partial charge on any atom is 0.0798 e. The Bertz CT molecular complexity index is 481. The summed E-state index contributed by atoms with van der Waals surface area (Å²) in [7, 11) is 0. The molecule has 0 saturated carbocycles. The predicted molar refractivity (Wildman–Crippen MR) is 81.2 cm³/mol. The van der Waals surface area contributed by atoms with Gasteiger partial charge in [0.15, 0.2) is 0 Å². The van der Waals surface area contributed by atoms with Crippen molar-refractivity contribution in [3.63, 3.8) is 0 Å². The van der Waals surface area contributed by atoms with E-state index in [-0.39, 0.29) is 6.04 Å². The number of hydrogen-bond acceptors (Lipinski definition) is 4. The van der Waals surface area contributed by atoms with E-state index < -0.39 is 0 Å². The summed E-state index contributed by atoms with van der Waals surface area (Å²) >= 11 is 1.71. The molecular formula is C15H21N3S. The Morgan fingerprint density at radius 2 is 2.11 bits per heavy atom. The zero-order chi connectivity index (χ0) is 13.5. The second-order valence-corrected chi connectivity index (χ2v) is 5.64. The van der Waals surface area contributed by atoms with E-state index in [0.29, 0.717) is 0 Å². The number of aryl methyl sites for hydroxylation is 1. The number of nitrogens with one attached hydrogen (secondary N) is 1. The van der Waals surface area contributed by atoms with Crippen LogP contribution in [0.2, 0.25) is 0 Å². The molecule has 1 unspecified atom stereocenters. The quantitative estimate of drug-likeness (QED) is 0.764. The van der Waals surface area contributed by atoms with Crippen LogP contribution in [-0.2, 0) is 6.54 Å². The number of rotatable bonds is 7. The molecular weight excluding hydrogens is 254 g/mol. The number of benzene rings is 1. The summed E-state index contributed by atoms with van der Waals surface area (Å²) in [5.74, 6) is 0. The number of aromatic nitrogens is 1. The van der Waals surface area contributed by atoms with Crippen molar-refractivity contribution in [1.82, 2.24) is 10.3 Å². The van der Waals surface area contributed by atoms with E-state index in [4.69, 9.17) is 5.73 Å². The zero-order valence-electron chi connectivity index (χ0n) is 11.3. The monoisotopic (exact) mass is 275 g/mol. The molecule has 0 aliphatic heterocycles. The fourth-order valence-corrected chi connectivity index (χ4v) is 2.76. The lowest BCUT2D eigenvalue weighted by atomic mass is 10.0. The molecule has 0 aliphatic rings. The number of nitrogens with two attached hydrogens (primary N) is 1. The van der Waals surface area contributed by atoms with Crippen molar-refractivity contribution in [2.75, 3.05) is 6.54 Å². The summed E-state index contributed by atoms with van der Waals surface area (Å²) in [4.78, 5) is 5.57. The van der Waals surface area contributed by atoms with Gasteiger partial charge in [0.25, 0.3) is 0 Å². The highest BCUT2D eigenvalue weighted by Crippen LogP contribution is 2.15. The van der Waals surface area contributed by atoms with Gasteiger partial charge >= 0.3 is 0 Å². The molecule has 19 heavy (non-hydrogen) atoms. The minimum atomic E-state index is 0.146. The van der Waals surface area contributed by atoms with Gasteiger partial charge in [-0.25, -0.2) is 4.98 Å². The van der Waals surface area contributed by atoms with Crippen LogP contribution in [0.1, 0.15) is 35.0 Å². The molecule has 3 nitrogen and oxygen atoms in total. The first-order valence-electron chi connectivity index (χ1n) is 6.67. The Hall–Kier alpha value is -1.23. The molecule has 1 atom stereocenters. The highest BCUT2D eigenvalue weighted by molar-refractivity contribution is 7.09. The number of hydrogen-bond donors (Lipinski definition) is 2. The largest absolute Gasteiger partial charge is 0.324 e. The van der Waals surface area contributed by atoms with Crippen molar-refractivity contribution in [3.8, 4) is 0 Å². The van der Waals surface area contributed by atoms with Crippen LogP contribution >= 0.6 is 11.3 Å². The maximum absolute atomic E-state index is 6.16. The van der Waals surface area contributed by atoms with E-state index in [1.54, 1.807) is 11.3 Å². The van der Waals surface area contributed by atoms with E-state index in [1.807, 2.05) is 23.7 Å². The normalized spacial score (nSPS) is 12.5. The smallest absolute Gasteiger partial charge is 0.0798 e. The van der Waals surface area contributed by atoms with Gasteiger partial charge in [-0.05, 0) is 31.9 Å². The van der Waals surface area contributed by atoms with Crippen LogP contribution in [-0.4, -0.2) is 11.5 Å². The van der Waals surface area contributed by atoms with Crippen molar-refractivity contribution in [2.24, 2.45) is 5.73 Å². The van der Waals surface area contributed by atoms with Gasteiger partial charge in [-0.3, -0.25) is 0 Å². The van der Waals surface area contributed by atoms with E-state index in [1.165, 1.54) is 10.4 Å². The van der Waals surface area contributed by atoms with Gasteiger partial charge in [-0.15, -0.1) is 11.3 Å². The molecule has 0 amide bonds. The van der Waals surface area contributed by atoms with E-state index in [2.05, 4.69) is 29.4 Å². The van der Waals surface area contributed by atoms with Gasteiger partial charge < -0.3 is 11.1 Å². The molecule has 102 valence electrons. The van der Waals surface area contributed by atoms with Gasteiger partial charge in [0.2, 0.25) is 0 Å². The summed E-state index contributed by atoms with van der Waals surface area (Å²) < 4.78 is 0. The Kier molecular flexibility index (Phi) is 5.51. The van der Waals surface area contributed by atoms with Crippen LogP contribution in [0.15, 0.2) is 35.8 Å². The summed E-state index contributed by atoms with van der Waals surface area (Å²) in [5, 5.41) is 3.45. The van der Waals surface area contributed by atoms with Crippen LogP contribution in [0.25, 0.3) is 0 Å². The van der Waals surface area contributed by atoms with Gasteiger partial charge in [0.05, 0.1) is 11.2 Å². The third-order valence-corrected chi connectivity index (χ3v) is 4.16. The molecule has 0 bridgehead atoms. The Balaban J connectivity index is 1.63. The lowest BCUT2D eigenvalue weighted by Crippen LogP contribution is -2.17. The van der Waals surface area contributed by atoms with Gasteiger partial charge in [-0.2, -0.15) is 0 Å². The minimum absolute atomic E-state index is 0.146. The Morgan fingerprint density at radius 1 is 1.32 bits per heavy atom. The Labute approximate surface area is 118 Å². The van der Waals surface area contributed by atoms with Crippen molar-refractivity contribution in [1.29, 1.82) is 0 Å².